The van der Waals surface area contributed by atoms with Crippen molar-refractivity contribution in [1.82, 2.24) is 4.90 Å². The normalized spacial score (nSPS) is 20.3. The summed E-state index contributed by atoms with van der Waals surface area (Å²) in [6, 6.07) is 0. The van der Waals surface area contributed by atoms with Crippen LogP contribution in [0.2, 0.25) is 0 Å². The van der Waals surface area contributed by atoms with E-state index in [1.54, 1.807) is 34.6 Å². The van der Waals surface area contributed by atoms with Crippen molar-refractivity contribution < 1.29 is 19.4 Å². The molecule has 19 heavy (non-hydrogen) atoms. The van der Waals surface area contributed by atoms with Crippen LogP contribution in [0.4, 0.5) is 4.79 Å². The Kier molecular flexibility index (Phi) is 3.90. The Balaban J connectivity index is 3.06. The first-order valence-electron chi connectivity index (χ1n) is 6.72. The van der Waals surface area contributed by atoms with Crippen LogP contribution in [0.3, 0.4) is 0 Å². The molecule has 0 aromatic heterocycles. The highest BCUT2D eigenvalue weighted by Gasteiger charge is 2.62. The summed E-state index contributed by atoms with van der Waals surface area (Å²) in [4.78, 5) is 25.3. The number of hydrogen-bond acceptors (Lipinski definition) is 3. The van der Waals surface area contributed by atoms with Gasteiger partial charge in [-0.05, 0) is 47.5 Å². The molecule has 0 aliphatic heterocycles. The third-order valence-electron chi connectivity index (χ3n) is 4.06. The number of amides is 1. The minimum Gasteiger partial charge on any atom is -0.479 e. The summed E-state index contributed by atoms with van der Waals surface area (Å²) in [6.07, 6.45) is 1.07. The van der Waals surface area contributed by atoms with Crippen LogP contribution >= 0.6 is 0 Å². The van der Waals surface area contributed by atoms with Crippen molar-refractivity contribution in [3.05, 3.63) is 0 Å². The first-order valence-corrected chi connectivity index (χ1v) is 6.72. The van der Waals surface area contributed by atoms with E-state index in [1.165, 1.54) is 4.90 Å². The topological polar surface area (TPSA) is 66.8 Å². The summed E-state index contributed by atoms with van der Waals surface area (Å²) in [7, 11) is 0. The lowest BCUT2D eigenvalue weighted by Gasteiger charge is -2.42. The molecule has 5 nitrogen and oxygen atoms in total. The van der Waals surface area contributed by atoms with Gasteiger partial charge in [-0.1, -0.05) is 6.92 Å². The second-order valence-electron chi connectivity index (χ2n) is 6.66. The van der Waals surface area contributed by atoms with E-state index in [9.17, 15) is 14.7 Å². The van der Waals surface area contributed by atoms with Crippen LogP contribution in [-0.4, -0.2) is 39.8 Å². The van der Waals surface area contributed by atoms with E-state index in [4.69, 9.17) is 4.74 Å². The number of carboxylic acid groups (broad SMARTS) is 1. The number of ether oxygens (including phenoxy) is 1. The maximum atomic E-state index is 12.3. The lowest BCUT2D eigenvalue weighted by Crippen LogP contribution is -2.60. The number of rotatable bonds is 4. The summed E-state index contributed by atoms with van der Waals surface area (Å²) in [5, 5.41) is 9.61. The SMILES string of the molecule is CCN(C(=O)OC(C)(C)C)C(C)(C(=O)O)C1(C)CC1. The first kappa shape index (κ1) is 15.8. The molecule has 1 atom stereocenters. The summed E-state index contributed by atoms with van der Waals surface area (Å²) < 4.78 is 5.33. The summed E-state index contributed by atoms with van der Waals surface area (Å²) in [5.74, 6) is -0.972. The van der Waals surface area contributed by atoms with E-state index in [-0.39, 0.29) is 5.41 Å². The van der Waals surface area contributed by atoms with Crippen LogP contribution in [0, 0.1) is 5.41 Å². The van der Waals surface area contributed by atoms with Crippen molar-refractivity contribution in [3.8, 4) is 0 Å². The van der Waals surface area contributed by atoms with Gasteiger partial charge in [0.1, 0.15) is 11.1 Å². The van der Waals surface area contributed by atoms with E-state index in [1.807, 2.05) is 6.92 Å². The van der Waals surface area contributed by atoms with Gasteiger partial charge in [-0.3, -0.25) is 4.90 Å². The quantitative estimate of drug-likeness (QED) is 0.853. The van der Waals surface area contributed by atoms with Gasteiger partial charge in [0.05, 0.1) is 0 Å². The van der Waals surface area contributed by atoms with Crippen molar-refractivity contribution in [2.75, 3.05) is 6.54 Å². The number of carbonyl (C=O) groups is 2. The zero-order valence-corrected chi connectivity index (χ0v) is 12.7. The Morgan fingerprint density at radius 1 is 1.26 bits per heavy atom. The van der Waals surface area contributed by atoms with E-state index in [2.05, 4.69) is 0 Å². The number of hydrogen-bond donors (Lipinski definition) is 1. The summed E-state index contributed by atoms with van der Waals surface area (Å²) in [6.45, 7) is 10.9. The molecule has 0 aromatic carbocycles. The Labute approximate surface area is 114 Å². The van der Waals surface area contributed by atoms with Crippen LogP contribution in [0.5, 0.6) is 0 Å². The maximum absolute atomic E-state index is 12.3. The molecule has 1 N–H and O–H groups in total. The number of aliphatic carboxylic acids is 1. The Hall–Kier alpha value is -1.26. The maximum Gasteiger partial charge on any atom is 0.411 e. The van der Waals surface area contributed by atoms with Gasteiger partial charge in [0, 0.05) is 12.0 Å². The Bertz CT molecular complexity index is 381. The molecule has 0 aromatic rings. The van der Waals surface area contributed by atoms with Crippen LogP contribution in [-0.2, 0) is 9.53 Å². The Morgan fingerprint density at radius 3 is 2.00 bits per heavy atom. The van der Waals surface area contributed by atoms with Gasteiger partial charge >= 0.3 is 12.1 Å². The number of carboxylic acids is 1. The van der Waals surface area contributed by atoms with E-state index < -0.39 is 23.2 Å². The minimum atomic E-state index is -1.22. The Morgan fingerprint density at radius 2 is 1.74 bits per heavy atom. The molecule has 1 unspecified atom stereocenters. The second kappa shape index (κ2) is 4.69. The van der Waals surface area contributed by atoms with E-state index in [0.29, 0.717) is 6.54 Å². The molecule has 1 aliphatic rings. The molecule has 0 bridgehead atoms. The number of likely N-dealkylation sites (N-methyl/N-ethyl adjacent to an activating group) is 1. The van der Waals surface area contributed by atoms with Crippen molar-refractivity contribution >= 4 is 12.1 Å². The molecule has 110 valence electrons. The molecule has 0 saturated heterocycles. The minimum absolute atomic E-state index is 0.313. The van der Waals surface area contributed by atoms with Crippen LogP contribution in [0.1, 0.15) is 54.4 Å². The van der Waals surface area contributed by atoms with Gasteiger partial charge in [0.25, 0.3) is 0 Å². The van der Waals surface area contributed by atoms with E-state index in [0.717, 1.165) is 12.8 Å². The molecule has 5 heteroatoms. The molecule has 0 spiro atoms. The predicted molar refractivity (Wildman–Crippen MR) is 72.0 cm³/mol. The highest BCUT2D eigenvalue weighted by molar-refractivity contribution is 5.85. The molecule has 1 saturated carbocycles. The van der Waals surface area contributed by atoms with Crippen LogP contribution < -0.4 is 0 Å². The first-order chi connectivity index (χ1) is 8.48. The number of nitrogens with zero attached hydrogens (tertiary/aromatic N) is 1. The monoisotopic (exact) mass is 271 g/mol. The average molecular weight is 271 g/mol. The fourth-order valence-corrected chi connectivity index (χ4v) is 2.32. The third kappa shape index (κ3) is 2.85. The average Bonchev–Trinajstić information content (AvgIpc) is 2.95. The predicted octanol–water partition coefficient (Wildman–Crippen LogP) is 2.89. The highest BCUT2D eigenvalue weighted by atomic mass is 16.6. The molecule has 1 fully saturated rings. The summed E-state index contributed by atoms with van der Waals surface area (Å²) in [5.41, 5.74) is -2.22. The molecule has 1 aliphatic carbocycles. The fraction of sp³-hybridized carbons (Fsp3) is 0.857. The molecular weight excluding hydrogens is 246 g/mol. The van der Waals surface area contributed by atoms with Crippen molar-refractivity contribution in [3.63, 3.8) is 0 Å². The molecule has 0 radical (unpaired) electrons. The van der Waals surface area contributed by atoms with Crippen LogP contribution in [0.25, 0.3) is 0 Å². The van der Waals surface area contributed by atoms with Gasteiger partial charge in [-0.25, -0.2) is 9.59 Å². The van der Waals surface area contributed by atoms with Crippen LogP contribution in [0.15, 0.2) is 0 Å². The van der Waals surface area contributed by atoms with Crippen molar-refractivity contribution in [2.45, 2.75) is 65.5 Å². The second-order valence-corrected chi connectivity index (χ2v) is 6.66. The number of carbonyl (C=O) groups excluding carboxylic acids is 1. The molecule has 1 amide bonds. The van der Waals surface area contributed by atoms with Crippen molar-refractivity contribution in [2.24, 2.45) is 5.41 Å². The fourth-order valence-electron chi connectivity index (χ4n) is 2.32. The largest absolute Gasteiger partial charge is 0.479 e. The van der Waals surface area contributed by atoms with Gasteiger partial charge in [-0.2, -0.15) is 0 Å². The highest BCUT2D eigenvalue weighted by Crippen LogP contribution is 2.56. The van der Waals surface area contributed by atoms with Gasteiger partial charge in [-0.15, -0.1) is 0 Å². The lowest BCUT2D eigenvalue weighted by molar-refractivity contribution is -0.154. The molecule has 0 heterocycles. The van der Waals surface area contributed by atoms with Crippen molar-refractivity contribution in [1.29, 1.82) is 0 Å². The standard InChI is InChI=1S/C14H25NO4/c1-7-15(11(18)19-12(2,3)4)14(6,10(16)17)13(5)8-9-13/h7-9H2,1-6H3,(H,16,17). The summed E-state index contributed by atoms with van der Waals surface area (Å²) >= 11 is 0. The zero-order chi connectivity index (χ0) is 15.1. The van der Waals surface area contributed by atoms with Gasteiger partial charge < -0.3 is 9.84 Å². The van der Waals surface area contributed by atoms with Gasteiger partial charge in [0.15, 0.2) is 0 Å². The molecular formula is C14H25NO4. The lowest BCUT2D eigenvalue weighted by atomic mass is 9.82. The zero-order valence-electron chi connectivity index (χ0n) is 12.7. The molecule has 1 rings (SSSR count). The van der Waals surface area contributed by atoms with E-state index >= 15 is 0 Å². The smallest absolute Gasteiger partial charge is 0.411 e. The third-order valence-corrected chi connectivity index (χ3v) is 4.06. The van der Waals surface area contributed by atoms with Gasteiger partial charge in [0.2, 0.25) is 0 Å².